The summed E-state index contributed by atoms with van der Waals surface area (Å²) in [6, 6.07) is 5.30. The number of amides is 1. The van der Waals surface area contributed by atoms with Crippen molar-refractivity contribution < 1.29 is 14.3 Å². The number of carbonyl (C=O) groups excluding carboxylic acids is 2. The number of nitrogens with zero attached hydrogens (tertiary/aromatic N) is 1. The number of rotatable bonds is 3. The number of hydrogen-bond acceptors (Lipinski definition) is 4. The Hall–Kier alpha value is -1.75. The highest BCUT2D eigenvalue weighted by Crippen LogP contribution is 2.34. The van der Waals surface area contributed by atoms with Gasteiger partial charge in [-0.1, -0.05) is 30.9 Å². The van der Waals surface area contributed by atoms with E-state index in [0.717, 1.165) is 12.8 Å². The number of ether oxygens (including phenoxy) is 1. The van der Waals surface area contributed by atoms with Crippen LogP contribution >= 0.6 is 11.6 Å². The summed E-state index contributed by atoms with van der Waals surface area (Å²) in [6.07, 6.45) is 5.65. The average Bonchev–Trinajstić information content (AvgIpc) is 2.49. The van der Waals surface area contributed by atoms with Gasteiger partial charge in [0.1, 0.15) is 6.54 Å². The van der Waals surface area contributed by atoms with Crippen LogP contribution in [-0.4, -0.2) is 31.0 Å². The molecule has 1 aromatic rings. The molecule has 1 aromatic carbocycles. The molecular formula is C16H19ClN2O3. The molecule has 1 heterocycles. The predicted molar refractivity (Wildman–Crippen MR) is 84.3 cm³/mol. The van der Waals surface area contributed by atoms with Crippen LogP contribution in [0.1, 0.15) is 32.1 Å². The summed E-state index contributed by atoms with van der Waals surface area (Å²) in [6.45, 7) is 0.199. The van der Waals surface area contributed by atoms with Gasteiger partial charge in [0.05, 0.1) is 12.2 Å². The molecule has 0 spiro atoms. The Morgan fingerprint density at radius 3 is 2.86 bits per heavy atom. The van der Waals surface area contributed by atoms with Crippen molar-refractivity contribution in [2.24, 2.45) is 0 Å². The van der Waals surface area contributed by atoms with Crippen LogP contribution in [-0.2, 0) is 9.59 Å². The second-order valence-corrected chi connectivity index (χ2v) is 6.28. The second kappa shape index (κ2) is 6.57. The van der Waals surface area contributed by atoms with E-state index >= 15 is 0 Å². The Morgan fingerprint density at radius 1 is 1.32 bits per heavy atom. The van der Waals surface area contributed by atoms with Gasteiger partial charge in [0.2, 0.25) is 5.91 Å². The third kappa shape index (κ3) is 3.53. The van der Waals surface area contributed by atoms with Crippen LogP contribution in [0.25, 0.3) is 0 Å². The Morgan fingerprint density at radius 2 is 2.09 bits per heavy atom. The fourth-order valence-electron chi connectivity index (χ4n) is 3.05. The first-order valence-electron chi connectivity index (χ1n) is 7.66. The van der Waals surface area contributed by atoms with E-state index in [1.165, 1.54) is 19.3 Å². The molecule has 1 fully saturated rings. The van der Waals surface area contributed by atoms with Crippen LogP contribution in [0, 0.1) is 0 Å². The third-order valence-corrected chi connectivity index (χ3v) is 4.35. The maximum atomic E-state index is 12.2. The van der Waals surface area contributed by atoms with Gasteiger partial charge in [-0.2, -0.15) is 0 Å². The van der Waals surface area contributed by atoms with Crippen molar-refractivity contribution in [1.29, 1.82) is 0 Å². The molecule has 2 aliphatic rings. The Kier molecular flexibility index (Phi) is 4.52. The average molecular weight is 323 g/mol. The topological polar surface area (TPSA) is 58.6 Å². The van der Waals surface area contributed by atoms with Gasteiger partial charge in [-0.3, -0.25) is 4.79 Å². The lowest BCUT2D eigenvalue weighted by Gasteiger charge is -2.30. The monoisotopic (exact) mass is 322 g/mol. The maximum Gasteiger partial charge on any atom is 0.331 e. The zero-order valence-electron chi connectivity index (χ0n) is 12.3. The first-order chi connectivity index (χ1) is 10.6. The molecule has 1 aliphatic carbocycles. The highest BCUT2D eigenvalue weighted by molar-refractivity contribution is 6.31. The van der Waals surface area contributed by atoms with Crippen LogP contribution in [0.2, 0.25) is 5.02 Å². The second-order valence-electron chi connectivity index (χ2n) is 5.84. The standard InChI is InChI=1S/C16H19ClN2O3/c17-11-6-7-14-13(8-11)19(10-16(21)22-14)9-15(20)18-12-4-2-1-3-5-12/h6-8,12H,1-5,9-10H2,(H,18,20). The zero-order valence-corrected chi connectivity index (χ0v) is 13.1. The third-order valence-electron chi connectivity index (χ3n) is 4.11. The SMILES string of the molecule is O=C(CN1CC(=O)Oc2ccc(Cl)cc21)NC1CCCCC1. The molecule has 1 saturated carbocycles. The summed E-state index contributed by atoms with van der Waals surface area (Å²) >= 11 is 6.00. The molecule has 1 amide bonds. The highest BCUT2D eigenvalue weighted by atomic mass is 35.5. The normalized spacial score (nSPS) is 18.6. The number of fused-ring (bicyclic) bond motifs is 1. The number of esters is 1. The lowest BCUT2D eigenvalue weighted by Crippen LogP contribution is -2.46. The van der Waals surface area contributed by atoms with E-state index in [0.29, 0.717) is 16.5 Å². The van der Waals surface area contributed by atoms with Crippen LogP contribution in [0.15, 0.2) is 18.2 Å². The van der Waals surface area contributed by atoms with Crippen molar-refractivity contribution in [3.05, 3.63) is 23.2 Å². The molecule has 0 bridgehead atoms. The summed E-state index contributed by atoms with van der Waals surface area (Å²) in [5.41, 5.74) is 0.686. The summed E-state index contributed by atoms with van der Waals surface area (Å²) < 4.78 is 5.18. The molecular weight excluding hydrogens is 304 g/mol. The molecule has 0 atom stereocenters. The number of carbonyl (C=O) groups is 2. The van der Waals surface area contributed by atoms with Crippen LogP contribution < -0.4 is 15.0 Å². The summed E-state index contributed by atoms with van der Waals surface area (Å²) in [7, 11) is 0. The zero-order chi connectivity index (χ0) is 15.5. The van der Waals surface area contributed by atoms with E-state index in [9.17, 15) is 9.59 Å². The van der Waals surface area contributed by atoms with Gasteiger partial charge >= 0.3 is 5.97 Å². The molecule has 0 radical (unpaired) electrons. The Labute approximate surface area is 134 Å². The van der Waals surface area contributed by atoms with Gasteiger partial charge in [-0.05, 0) is 31.0 Å². The molecule has 6 heteroatoms. The molecule has 22 heavy (non-hydrogen) atoms. The molecule has 1 aliphatic heterocycles. The largest absolute Gasteiger partial charge is 0.423 e. The maximum absolute atomic E-state index is 12.2. The fraction of sp³-hybridized carbons (Fsp3) is 0.500. The first kappa shape index (κ1) is 15.2. The molecule has 0 saturated heterocycles. The minimum Gasteiger partial charge on any atom is -0.423 e. The smallest absolute Gasteiger partial charge is 0.331 e. The highest BCUT2D eigenvalue weighted by Gasteiger charge is 2.26. The quantitative estimate of drug-likeness (QED) is 0.686. The van der Waals surface area contributed by atoms with Crippen molar-refractivity contribution in [3.63, 3.8) is 0 Å². The lowest BCUT2D eigenvalue weighted by atomic mass is 9.95. The number of hydrogen-bond donors (Lipinski definition) is 1. The van der Waals surface area contributed by atoms with Crippen molar-refractivity contribution >= 4 is 29.2 Å². The van der Waals surface area contributed by atoms with E-state index in [2.05, 4.69) is 5.32 Å². The fourth-order valence-corrected chi connectivity index (χ4v) is 3.22. The molecule has 3 rings (SSSR count). The minimum absolute atomic E-state index is 0.0609. The van der Waals surface area contributed by atoms with Crippen molar-refractivity contribution in [1.82, 2.24) is 5.32 Å². The van der Waals surface area contributed by atoms with Crippen molar-refractivity contribution in [2.75, 3.05) is 18.0 Å². The summed E-state index contributed by atoms with van der Waals surface area (Å²) in [5, 5.41) is 3.61. The first-order valence-corrected chi connectivity index (χ1v) is 8.04. The van der Waals surface area contributed by atoms with Gasteiger partial charge in [0, 0.05) is 11.1 Å². The molecule has 1 N–H and O–H groups in total. The predicted octanol–water partition coefficient (Wildman–Crippen LogP) is 2.51. The molecule has 0 unspecified atom stereocenters. The van der Waals surface area contributed by atoms with E-state index < -0.39 is 0 Å². The number of nitrogens with one attached hydrogen (secondary N) is 1. The Balaban J connectivity index is 1.68. The van der Waals surface area contributed by atoms with Gasteiger partial charge in [-0.15, -0.1) is 0 Å². The molecule has 5 nitrogen and oxygen atoms in total. The number of benzene rings is 1. The molecule has 118 valence electrons. The van der Waals surface area contributed by atoms with Crippen LogP contribution in [0.3, 0.4) is 0 Å². The van der Waals surface area contributed by atoms with E-state index in [1.54, 1.807) is 23.1 Å². The van der Waals surface area contributed by atoms with Gasteiger partial charge in [0.25, 0.3) is 0 Å². The number of anilines is 1. The van der Waals surface area contributed by atoms with Gasteiger partial charge in [-0.25, -0.2) is 4.79 Å². The van der Waals surface area contributed by atoms with Crippen LogP contribution in [0.5, 0.6) is 5.75 Å². The van der Waals surface area contributed by atoms with E-state index in [-0.39, 0.29) is 31.0 Å². The minimum atomic E-state index is -0.361. The van der Waals surface area contributed by atoms with Gasteiger partial charge in [0.15, 0.2) is 5.75 Å². The number of halogens is 1. The van der Waals surface area contributed by atoms with Crippen molar-refractivity contribution in [2.45, 2.75) is 38.1 Å². The van der Waals surface area contributed by atoms with Gasteiger partial charge < -0.3 is 15.0 Å². The van der Waals surface area contributed by atoms with E-state index in [1.807, 2.05) is 0 Å². The van der Waals surface area contributed by atoms with Crippen molar-refractivity contribution in [3.8, 4) is 5.75 Å². The van der Waals surface area contributed by atoms with Crippen LogP contribution in [0.4, 0.5) is 5.69 Å². The summed E-state index contributed by atoms with van der Waals surface area (Å²) in [4.78, 5) is 25.6. The van der Waals surface area contributed by atoms with E-state index in [4.69, 9.17) is 16.3 Å². The summed E-state index contributed by atoms with van der Waals surface area (Å²) in [5.74, 6) is 0.0268. The molecule has 0 aromatic heterocycles. The Bertz CT molecular complexity index is 585. The lowest BCUT2D eigenvalue weighted by molar-refractivity contribution is -0.133.